The summed E-state index contributed by atoms with van der Waals surface area (Å²) in [5.74, 6) is -0.0246. The van der Waals surface area contributed by atoms with Gasteiger partial charge >= 0.3 is 0 Å². The Hall–Kier alpha value is -3.19. The van der Waals surface area contributed by atoms with E-state index in [1.807, 2.05) is 17.9 Å². The molecule has 4 rings (SSSR count). The van der Waals surface area contributed by atoms with Crippen molar-refractivity contribution in [3.05, 3.63) is 75.4 Å². The number of carbonyl (C=O) groups is 1. The highest BCUT2D eigenvalue weighted by molar-refractivity contribution is 6.30. The third-order valence-electron chi connectivity index (χ3n) is 5.24. The highest BCUT2D eigenvalue weighted by Gasteiger charge is 2.29. The van der Waals surface area contributed by atoms with Crippen LogP contribution in [0, 0.1) is 10.1 Å². The maximum Gasteiger partial charge on any atom is 0.295 e. The molecule has 1 saturated heterocycles. The van der Waals surface area contributed by atoms with Crippen molar-refractivity contribution in [2.24, 2.45) is 0 Å². The molecular weight excluding hydrogens is 392 g/mol. The van der Waals surface area contributed by atoms with Gasteiger partial charge in [-0.25, -0.2) is 4.98 Å². The van der Waals surface area contributed by atoms with Crippen LogP contribution in [0.5, 0.6) is 0 Å². The molecule has 1 aliphatic heterocycles. The van der Waals surface area contributed by atoms with Crippen molar-refractivity contribution in [3.63, 3.8) is 0 Å². The Balaban J connectivity index is 1.60. The van der Waals surface area contributed by atoms with E-state index in [0.29, 0.717) is 35.7 Å². The molecule has 1 aromatic heterocycles. The number of nitro groups is 1. The molecule has 1 unspecified atom stereocenters. The van der Waals surface area contributed by atoms with Gasteiger partial charge in [-0.15, -0.1) is 0 Å². The maximum absolute atomic E-state index is 12.8. The largest absolute Gasteiger partial charge is 0.365 e. The van der Waals surface area contributed by atoms with Gasteiger partial charge in [0.2, 0.25) is 0 Å². The van der Waals surface area contributed by atoms with Crippen molar-refractivity contribution in [1.82, 2.24) is 9.88 Å². The third kappa shape index (κ3) is 3.61. The van der Waals surface area contributed by atoms with Crippen molar-refractivity contribution < 1.29 is 9.72 Å². The Morgan fingerprint density at radius 2 is 1.93 bits per heavy atom. The minimum absolute atomic E-state index is 0.00597. The number of fused-ring (bicyclic) bond motifs is 1. The van der Waals surface area contributed by atoms with E-state index in [0.717, 1.165) is 11.1 Å². The van der Waals surface area contributed by atoms with Crippen LogP contribution >= 0.6 is 11.6 Å². The Labute approximate surface area is 172 Å². The zero-order valence-electron chi connectivity index (χ0n) is 15.8. The molecule has 7 nitrogen and oxygen atoms in total. The number of halogens is 1. The van der Waals surface area contributed by atoms with Gasteiger partial charge in [0.1, 0.15) is 5.52 Å². The average Bonchev–Trinajstić information content (AvgIpc) is 2.73. The molecule has 2 heterocycles. The van der Waals surface area contributed by atoms with Crippen LogP contribution in [0.25, 0.3) is 10.9 Å². The van der Waals surface area contributed by atoms with Crippen molar-refractivity contribution in [1.29, 1.82) is 0 Å². The summed E-state index contributed by atoms with van der Waals surface area (Å²) >= 11 is 5.91. The number of nitro benzene ring substituents is 1. The number of anilines is 1. The van der Waals surface area contributed by atoms with Gasteiger partial charge < -0.3 is 9.80 Å². The van der Waals surface area contributed by atoms with E-state index in [1.54, 1.807) is 42.6 Å². The Morgan fingerprint density at radius 3 is 2.62 bits per heavy atom. The van der Waals surface area contributed by atoms with Crippen molar-refractivity contribution in [2.75, 3.05) is 24.5 Å². The highest BCUT2D eigenvalue weighted by Crippen LogP contribution is 2.34. The molecule has 0 aliphatic carbocycles. The van der Waals surface area contributed by atoms with Crippen LogP contribution < -0.4 is 4.90 Å². The monoisotopic (exact) mass is 410 g/mol. The van der Waals surface area contributed by atoms with E-state index in [-0.39, 0.29) is 17.6 Å². The maximum atomic E-state index is 12.8. The zero-order valence-corrected chi connectivity index (χ0v) is 16.5. The van der Waals surface area contributed by atoms with Crippen LogP contribution in [-0.2, 0) is 0 Å². The lowest BCUT2D eigenvalue weighted by molar-refractivity contribution is -0.383. The predicted octanol–water partition coefficient (Wildman–Crippen LogP) is 4.15. The van der Waals surface area contributed by atoms with Crippen LogP contribution in [0.3, 0.4) is 0 Å². The third-order valence-corrected chi connectivity index (χ3v) is 5.49. The predicted molar refractivity (Wildman–Crippen MR) is 113 cm³/mol. The summed E-state index contributed by atoms with van der Waals surface area (Å²) in [5.41, 5.74) is 1.88. The number of hydrogen-bond acceptors (Lipinski definition) is 5. The number of pyridine rings is 1. The quantitative estimate of drug-likeness (QED) is 0.478. The fourth-order valence-corrected chi connectivity index (χ4v) is 3.94. The molecule has 0 spiro atoms. The number of benzene rings is 2. The van der Waals surface area contributed by atoms with E-state index in [4.69, 9.17) is 11.6 Å². The molecule has 0 radical (unpaired) electrons. The fourth-order valence-electron chi connectivity index (χ4n) is 3.82. The fraction of sp³-hybridized carbons (Fsp3) is 0.238. The van der Waals surface area contributed by atoms with Crippen LogP contribution in [0.4, 0.5) is 11.4 Å². The van der Waals surface area contributed by atoms with Crippen LogP contribution in [0.15, 0.2) is 54.7 Å². The minimum atomic E-state index is -0.411. The van der Waals surface area contributed by atoms with E-state index in [1.165, 1.54) is 6.07 Å². The van der Waals surface area contributed by atoms with Gasteiger partial charge in [-0.3, -0.25) is 14.9 Å². The Kier molecular flexibility index (Phi) is 5.07. The summed E-state index contributed by atoms with van der Waals surface area (Å²) in [5, 5.41) is 12.7. The van der Waals surface area contributed by atoms with Gasteiger partial charge in [0.05, 0.1) is 4.92 Å². The second-order valence-corrected chi connectivity index (χ2v) is 7.50. The van der Waals surface area contributed by atoms with Gasteiger partial charge in [-0.2, -0.15) is 0 Å². The summed E-state index contributed by atoms with van der Waals surface area (Å²) < 4.78 is 0. The van der Waals surface area contributed by atoms with Gasteiger partial charge in [0, 0.05) is 59.6 Å². The number of hydrogen-bond donors (Lipinski definition) is 0. The minimum Gasteiger partial charge on any atom is -0.365 e. The van der Waals surface area contributed by atoms with Crippen LogP contribution in [0.2, 0.25) is 5.02 Å². The second-order valence-electron chi connectivity index (χ2n) is 7.06. The average molecular weight is 411 g/mol. The molecule has 3 aromatic rings. The summed E-state index contributed by atoms with van der Waals surface area (Å²) in [6.45, 7) is 3.79. The Morgan fingerprint density at radius 1 is 1.17 bits per heavy atom. The van der Waals surface area contributed by atoms with E-state index in [2.05, 4.69) is 9.88 Å². The second kappa shape index (κ2) is 7.67. The number of nitrogens with zero attached hydrogens (tertiary/aromatic N) is 4. The van der Waals surface area contributed by atoms with Gasteiger partial charge in [0.15, 0.2) is 0 Å². The summed E-state index contributed by atoms with van der Waals surface area (Å²) in [4.78, 5) is 32.0. The molecule has 148 valence electrons. The van der Waals surface area contributed by atoms with Crippen LogP contribution in [-0.4, -0.2) is 46.4 Å². The van der Waals surface area contributed by atoms with Gasteiger partial charge in [-0.05, 0) is 49.4 Å². The lowest BCUT2D eigenvalue weighted by atomic mass is 10.1. The SMILES string of the molecule is CC1CN(C(=O)c2ccc(Cl)cc2)CCN1c1ccc([N+](=O)[O-])c2ncccc12. The molecule has 0 N–H and O–H groups in total. The smallest absolute Gasteiger partial charge is 0.295 e. The van der Waals surface area contributed by atoms with E-state index < -0.39 is 4.92 Å². The molecular formula is C21H19ClN4O3. The first-order valence-electron chi connectivity index (χ1n) is 9.29. The number of rotatable bonds is 3. The summed E-state index contributed by atoms with van der Waals surface area (Å²) in [7, 11) is 0. The van der Waals surface area contributed by atoms with Crippen molar-refractivity contribution >= 4 is 39.8 Å². The number of aromatic nitrogens is 1. The number of carbonyl (C=O) groups excluding carboxylic acids is 1. The Bertz CT molecular complexity index is 1090. The van der Waals surface area contributed by atoms with Gasteiger partial charge in [-0.1, -0.05) is 11.6 Å². The topological polar surface area (TPSA) is 79.6 Å². The molecule has 8 heteroatoms. The highest BCUT2D eigenvalue weighted by atomic mass is 35.5. The molecule has 0 saturated carbocycles. The summed E-state index contributed by atoms with van der Waals surface area (Å²) in [6, 6.07) is 13.8. The number of amides is 1. The first kappa shape index (κ1) is 19.1. The van der Waals surface area contributed by atoms with Crippen molar-refractivity contribution in [2.45, 2.75) is 13.0 Å². The normalized spacial score (nSPS) is 16.8. The molecule has 1 amide bonds. The first-order chi connectivity index (χ1) is 14.0. The van der Waals surface area contributed by atoms with E-state index >= 15 is 0 Å². The zero-order chi connectivity index (χ0) is 20.5. The van der Waals surface area contributed by atoms with Crippen LogP contribution in [0.1, 0.15) is 17.3 Å². The summed E-state index contributed by atoms with van der Waals surface area (Å²) in [6.07, 6.45) is 1.56. The van der Waals surface area contributed by atoms with Gasteiger partial charge in [0.25, 0.3) is 11.6 Å². The van der Waals surface area contributed by atoms with E-state index in [9.17, 15) is 14.9 Å². The molecule has 0 bridgehead atoms. The van der Waals surface area contributed by atoms with Crippen molar-refractivity contribution in [3.8, 4) is 0 Å². The lowest BCUT2D eigenvalue weighted by Crippen LogP contribution is -2.53. The molecule has 1 atom stereocenters. The number of piperazine rings is 1. The number of non-ortho nitro benzene ring substituents is 1. The molecule has 1 aliphatic rings. The lowest BCUT2D eigenvalue weighted by Gasteiger charge is -2.41. The molecule has 2 aromatic carbocycles. The molecule has 1 fully saturated rings. The first-order valence-corrected chi connectivity index (χ1v) is 9.67. The molecule has 29 heavy (non-hydrogen) atoms. The standard InChI is InChI=1S/C21H19ClN4O3/c1-14-13-24(21(27)15-4-6-16(22)7-5-15)11-12-25(14)18-8-9-19(26(28)29)20-17(18)3-2-10-23-20/h2-10,14H,11-13H2,1H3.